The molecule has 0 atom stereocenters. The number of carbonyl (C=O) groups excluding carboxylic acids is 1. The zero-order chi connectivity index (χ0) is 24.8. The number of amides is 1. The van der Waals surface area contributed by atoms with E-state index < -0.39 is 0 Å². The largest absolute Gasteiger partial charge is 0.494 e. The van der Waals surface area contributed by atoms with E-state index in [9.17, 15) is 4.79 Å². The van der Waals surface area contributed by atoms with Crippen LogP contribution in [0.15, 0.2) is 53.1 Å². The Kier molecular flexibility index (Phi) is 7.86. The molecule has 1 amide bonds. The van der Waals surface area contributed by atoms with Crippen molar-refractivity contribution in [3.05, 3.63) is 65.5 Å². The number of nitrogens with one attached hydrogen (secondary N) is 1. The van der Waals surface area contributed by atoms with Gasteiger partial charge in [0.05, 0.1) is 13.2 Å². The second kappa shape index (κ2) is 11.0. The van der Waals surface area contributed by atoms with Crippen LogP contribution >= 0.6 is 0 Å². The maximum Gasteiger partial charge on any atom is 0.241 e. The van der Waals surface area contributed by atoms with Crippen LogP contribution in [0.3, 0.4) is 0 Å². The third kappa shape index (κ3) is 6.69. The van der Waals surface area contributed by atoms with E-state index in [0.717, 1.165) is 42.8 Å². The highest BCUT2D eigenvalue weighted by Crippen LogP contribution is 2.25. The van der Waals surface area contributed by atoms with Gasteiger partial charge in [-0.05, 0) is 61.5 Å². The Balaban J connectivity index is 1.23. The first kappa shape index (κ1) is 24.9. The van der Waals surface area contributed by atoms with Gasteiger partial charge in [-0.2, -0.15) is 4.98 Å². The van der Waals surface area contributed by atoms with Gasteiger partial charge in [0.25, 0.3) is 0 Å². The normalized spacial score (nSPS) is 15.2. The Bertz CT molecular complexity index is 1090. The van der Waals surface area contributed by atoms with Crippen molar-refractivity contribution >= 4 is 5.91 Å². The fourth-order valence-corrected chi connectivity index (χ4v) is 4.30. The van der Waals surface area contributed by atoms with Gasteiger partial charge in [0.2, 0.25) is 17.6 Å². The minimum absolute atomic E-state index is 0.0357. The van der Waals surface area contributed by atoms with Crippen molar-refractivity contribution in [2.24, 2.45) is 5.92 Å². The molecule has 1 aromatic heterocycles. The molecule has 0 unspecified atom stereocenters. The van der Waals surface area contributed by atoms with Gasteiger partial charge in [-0.3, -0.25) is 9.69 Å². The molecule has 3 aromatic rings. The van der Waals surface area contributed by atoms with Crippen molar-refractivity contribution in [2.75, 3.05) is 19.7 Å². The van der Waals surface area contributed by atoms with Crippen LogP contribution in [-0.2, 0) is 23.3 Å². The Morgan fingerprint density at radius 2 is 1.77 bits per heavy atom. The van der Waals surface area contributed by atoms with Gasteiger partial charge in [0.15, 0.2) is 0 Å². The molecule has 0 aliphatic carbocycles. The molecule has 2 aromatic carbocycles. The monoisotopic (exact) mass is 476 g/mol. The van der Waals surface area contributed by atoms with Crippen LogP contribution in [0, 0.1) is 5.92 Å². The molecule has 1 saturated heterocycles. The molecule has 186 valence electrons. The third-order valence-electron chi connectivity index (χ3n) is 6.50. The fraction of sp³-hybridized carbons (Fsp3) is 0.464. The highest BCUT2D eigenvalue weighted by Gasteiger charge is 2.26. The SMILES string of the molecule is CCOc1ccc(CNC(=O)C2CCN(Cc3nc(-c4ccc(C(C)(C)C)cc4)no3)CC2)cc1. The summed E-state index contributed by atoms with van der Waals surface area (Å²) in [5.41, 5.74) is 3.41. The maximum atomic E-state index is 12.7. The van der Waals surface area contributed by atoms with E-state index in [4.69, 9.17) is 9.26 Å². The van der Waals surface area contributed by atoms with Gasteiger partial charge in [-0.15, -0.1) is 0 Å². The Hall–Kier alpha value is -3.19. The number of hydrogen-bond donors (Lipinski definition) is 1. The van der Waals surface area contributed by atoms with Gasteiger partial charge >= 0.3 is 0 Å². The van der Waals surface area contributed by atoms with Crippen molar-refractivity contribution in [1.29, 1.82) is 0 Å². The lowest BCUT2D eigenvalue weighted by Crippen LogP contribution is -2.40. The number of aromatic nitrogens is 2. The van der Waals surface area contributed by atoms with E-state index >= 15 is 0 Å². The van der Waals surface area contributed by atoms with Gasteiger partial charge in [-0.25, -0.2) is 0 Å². The van der Waals surface area contributed by atoms with Gasteiger partial charge in [0.1, 0.15) is 5.75 Å². The molecular weight excluding hydrogens is 440 g/mol. The zero-order valence-corrected chi connectivity index (χ0v) is 21.2. The van der Waals surface area contributed by atoms with E-state index in [1.54, 1.807) is 0 Å². The molecule has 1 N–H and O–H groups in total. The van der Waals surface area contributed by atoms with Crippen LogP contribution in [0.5, 0.6) is 5.75 Å². The molecule has 1 aliphatic rings. The lowest BCUT2D eigenvalue weighted by atomic mass is 9.87. The van der Waals surface area contributed by atoms with Crippen molar-refractivity contribution < 1.29 is 14.1 Å². The van der Waals surface area contributed by atoms with Crippen LogP contribution in [0.4, 0.5) is 0 Å². The number of carbonyl (C=O) groups is 1. The summed E-state index contributed by atoms with van der Waals surface area (Å²) in [6.45, 7) is 12.0. The summed E-state index contributed by atoms with van der Waals surface area (Å²) in [4.78, 5) is 19.5. The molecule has 0 saturated carbocycles. The van der Waals surface area contributed by atoms with E-state index in [2.05, 4.69) is 53.3 Å². The topological polar surface area (TPSA) is 80.5 Å². The fourth-order valence-electron chi connectivity index (χ4n) is 4.30. The predicted octanol–water partition coefficient (Wildman–Crippen LogP) is 4.96. The first-order valence-electron chi connectivity index (χ1n) is 12.5. The number of ether oxygens (including phenoxy) is 1. The standard InChI is InChI=1S/C28H36N4O3/c1-5-34-24-12-6-20(7-13-24)18-29-27(33)22-14-16-32(17-15-22)19-25-30-26(31-35-25)21-8-10-23(11-9-21)28(2,3)4/h6-13,22H,5,14-19H2,1-4H3,(H,29,33). The summed E-state index contributed by atoms with van der Waals surface area (Å²) in [5, 5.41) is 7.25. The van der Waals surface area contributed by atoms with E-state index in [1.807, 2.05) is 43.3 Å². The first-order chi connectivity index (χ1) is 16.8. The summed E-state index contributed by atoms with van der Waals surface area (Å²) in [6.07, 6.45) is 1.65. The highest BCUT2D eigenvalue weighted by atomic mass is 16.5. The minimum atomic E-state index is 0.0357. The van der Waals surface area contributed by atoms with Crippen molar-refractivity contribution in [1.82, 2.24) is 20.4 Å². The van der Waals surface area contributed by atoms with Crippen LogP contribution in [-0.4, -0.2) is 40.6 Å². The quantitative estimate of drug-likeness (QED) is 0.495. The van der Waals surface area contributed by atoms with E-state index in [-0.39, 0.29) is 17.2 Å². The smallest absolute Gasteiger partial charge is 0.241 e. The third-order valence-corrected chi connectivity index (χ3v) is 6.50. The molecule has 4 rings (SSSR count). The zero-order valence-electron chi connectivity index (χ0n) is 21.2. The van der Waals surface area contributed by atoms with Crippen molar-refractivity contribution in [3.8, 4) is 17.1 Å². The molecule has 1 aliphatic heterocycles. The molecule has 0 bridgehead atoms. The maximum absolute atomic E-state index is 12.7. The lowest BCUT2D eigenvalue weighted by Gasteiger charge is -2.30. The summed E-state index contributed by atoms with van der Waals surface area (Å²) >= 11 is 0. The average Bonchev–Trinajstić information content (AvgIpc) is 3.32. The van der Waals surface area contributed by atoms with E-state index in [1.165, 1.54) is 5.56 Å². The van der Waals surface area contributed by atoms with Crippen LogP contribution in [0.25, 0.3) is 11.4 Å². The van der Waals surface area contributed by atoms with Gasteiger partial charge in [0, 0.05) is 18.0 Å². The first-order valence-corrected chi connectivity index (χ1v) is 12.5. The van der Waals surface area contributed by atoms with Crippen LogP contribution < -0.4 is 10.1 Å². The van der Waals surface area contributed by atoms with E-state index in [0.29, 0.717) is 31.4 Å². The summed E-state index contributed by atoms with van der Waals surface area (Å²) in [7, 11) is 0. The number of likely N-dealkylation sites (tertiary alicyclic amines) is 1. The molecule has 0 radical (unpaired) electrons. The second-order valence-corrected chi connectivity index (χ2v) is 10.2. The van der Waals surface area contributed by atoms with Crippen LogP contribution in [0.2, 0.25) is 0 Å². The van der Waals surface area contributed by atoms with Crippen molar-refractivity contribution in [3.63, 3.8) is 0 Å². The van der Waals surface area contributed by atoms with Crippen LogP contribution in [0.1, 0.15) is 57.6 Å². The Morgan fingerprint density at radius 3 is 2.40 bits per heavy atom. The minimum Gasteiger partial charge on any atom is -0.494 e. The molecule has 1 fully saturated rings. The number of benzene rings is 2. The summed E-state index contributed by atoms with van der Waals surface area (Å²) in [5.74, 6) is 2.23. The van der Waals surface area contributed by atoms with Gasteiger partial charge < -0.3 is 14.6 Å². The van der Waals surface area contributed by atoms with Crippen molar-refractivity contribution in [2.45, 2.75) is 59.0 Å². The summed E-state index contributed by atoms with van der Waals surface area (Å²) in [6, 6.07) is 16.2. The van der Waals surface area contributed by atoms with Gasteiger partial charge in [-0.1, -0.05) is 62.3 Å². The number of nitrogens with zero attached hydrogens (tertiary/aromatic N) is 3. The number of hydrogen-bond acceptors (Lipinski definition) is 6. The molecule has 0 spiro atoms. The average molecular weight is 477 g/mol. The number of piperidine rings is 1. The molecular formula is C28H36N4O3. The summed E-state index contributed by atoms with van der Waals surface area (Å²) < 4.78 is 11.0. The number of rotatable bonds is 8. The molecule has 35 heavy (non-hydrogen) atoms. The Labute approximate surface area is 207 Å². The molecule has 7 heteroatoms. The lowest BCUT2D eigenvalue weighted by molar-refractivity contribution is -0.126. The molecule has 7 nitrogen and oxygen atoms in total. The second-order valence-electron chi connectivity index (χ2n) is 10.2. The highest BCUT2D eigenvalue weighted by molar-refractivity contribution is 5.78. The predicted molar refractivity (Wildman–Crippen MR) is 136 cm³/mol. The Morgan fingerprint density at radius 1 is 1.09 bits per heavy atom. The molecule has 2 heterocycles.